The fraction of sp³-hybridized carbons (Fsp3) is 0.462. The maximum atomic E-state index is 13.3. The van der Waals surface area contributed by atoms with Crippen molar-refractivity contribution in [3.8, 4) is 0 Å². The van der Waals surface area contributed by atoms with Crippen LogP contribution in [0.5, 0.6) is 0 Å². The molecule has 1 aliphatic rings. The van der Waals surface area contributed by atoms with Gasteiger partial charge in [-0.15, -0.1) is 0 Å². The van der Waals surface area contributed by atoms with Crippen LogP contribution in [0, 0.1) is 5.82 Å². The summed E-state index contributed by atoms with van der Waals surface area (Å²) in [4.78, 5) is 13.6. The van der Waals surface area contributed by atoms with Gasteiger partial charge in [0.15, 0.2) is 0 Å². The van der Waals surface area contributed by atoms with Gasteiger partial charge in [-0.1, -0.05) is 13.0 Å². The van der Waals surface area contributed by atoms with Crippen LogP contribution < -0.4 is 10.6 Å². The van der Waals surface area contributed by atoms with Gasteiger partial charge in [-0.25, -0.2) is 4.39 Å². The summed E-state index contributed by atoms with van der Waals surface area (Å²) in [6.45, 7) is 3.75. The third kappa shape index (κ3) is 2.05. The Bertz CT molecular complexity index is 447. The van der Waals surface area contributed by atoms with Crippen LogP contribution in [0.1, 0.15) is 38.3 Å². The summed E-state index contributed by atoms with van der Waals surface area (Å²) in [6.07, 6.45) is 1.12. The number of halogens is 1. The van der Waals surface area contributed by atoms with Crippen LogP contribution in [0.4, 0.5) is 10.1 Å². The molecular formula is C13H17FN2O. The largest absolute Gasteiger partial charge is 0.324 e. The normalized spacial score (nSPS) is 23.4. The van der Waals surface area contributed by atoms with Crippen molar-refractivity contribution in [2.24, 2.45) is 5.73 Å². The highest BCUT2D eigenvalue weighted by Gasteiger charge is 2.31. The van der Waals surface area contributed by atoms with Crippen molar-refractivity contribution >= 4 is 11.6 Å². The zero-order valence-corrected chi connectivity index (χ0v) is 10.1. The van der Waals surface area contributed by atoms with Gasteiger partial charge < -0.3 is 10.6 Å². The average molecular weight is 236 g/mol. The van der Waals surface area contributed by atoms with Gasteiger partial charge in [-0.05, 0) is 31.0 Å². The first-order chi connectivity index (χ1) is 8.04. The SMILES string of the molecule is CCC(=O)N1c2cc(F)ccc2[C@H](N)C[C@@H]1C. The summed E-state index contributed by atoms with van der Waals surface area (Å²) in [5.41, 5.74) is 7.51. The molecule has 0 aromatic heterocycles. The van der Waals surface area contributed by atoms with E-state index in [0.29, 0.717) is 18.5 Å². The molecule has 0 radical (unpaired) electrons. The Morgan fingerprint density at radius 1 is 1.59 bits per heavy atom. The first-order valence-electron chi connectivity index (χ1n) is 5.91. The second-order valence-electron chi connectivity index (χ2n) is 4.51. The highest BCUT2D eigenvalue weighted by Crippen LogP contribution is 2.36. The first kappa shape index (κ1) is 12.0. The van der Waals surface area contributed by atoms with Crippen molar-refractivity contribution in [1.29, 1.82) is 0 Å². The number of benzene rings is 1. The molecule has 2 N–H and O–H groups in total. The van der Waals surface area contributed by atoms with Gasteiger partial charge in [-0.3, -0.25) is 4.79 Å². The zero-order chi connectivity index (χ0) is 12.6. The first-order valence-corrected chi connectivity index (χ1v) is 5.91. The minimum atomic E-state index is -0.334. The predicted molar refractivity (Wildman–Crippen MR) is 65.2 cm³/mol. The third-order valence-corrected chi connectivity index (χ3v) is 3.26. The Labute approximate surface area is 100 Å². The lowest BCUT2D eigenvalue weighted by Crippen LogP contribution is -2.44. The highest BCUT2D eigenvalue weighted by atomic mass is 19.1. The highest BCUT2D eigenvalue weighted by molar-refractivity contribution is 5.95. The van der Waals surface area contributed by atoms with Crippen molar-refractivity contribution in [3.63, 3.8) is 0 Å². The molecule has 92 valence electrons. The number of nitrogens with two attached hydrogens (primary N) is 1. The van der Waals surface area contributed by atoms with E-state index in [9.17, 15) is 9.18 Å². The number of hydrogen-bond donors (Lipinski definition) is 1. The van der Waals surface area contributed by atoms with Crippen LogP contribution in [0.3, 0.4) is 0 Å². The molecule has 0 fully saturated rings. The molecule has 2 atom stereocenters. The lowest BCUT2D eigenvalue weighted by atomic mass is 9.92. The summed E-state index contributed by atoms with van der Waals surface area (Å²) in [5.74, 6) is -0.324. The maximum absolute atomic E-state index is 13.3. The van der Waals surface area contributed by atoms with Crippen LogP contribution in [0.15, 0.2) is 18.2 Å². The van der Waals surface area contributed by atoms with Gasteiger partial charge >= 0.3 is 0 Å². The second-order valence-corrected chi connectivity index (χ2v) is 4.51. The minimum Gasteiger partial charge on any atom is -0.324 e. The topological polar surface area (TPSA) is 46.3 Å². The molecule has 0 saturated heterocycles. The van der Waals surface area contributed by atoms with Gasteiger partial charge in [0.25, 0.3) is 0 Å². The molecule has 1 heterocycles. The molecule has 1 aromatic carbocycles. The fourth-order valence-electron chi connectivity index (χ4n) is 2.43. The van der Waals surface area contributed by atoms with Crippen molar-refractivity contribution in [3.05, 3.63) is 29.6 Å². The van der Waals surface area contributed by atoms with Crippen LogP contribution in [0.2, 0.25) is 0 Å². The van der Waals surface area contributed by atoms with Crippen molar-refractivity contribution in [1.82, 2.24) is 0 Å². The molecular weight excluding hydrogens is 219 g/mol. The van der Waals surface area contributed by atoms with E-state index in [-0.39, 0.29) is 23.8 Å². The van der Waals surface area contributed by atoms with Gasteiger partial charge in [0.05, 0.1) is 5.69 Å². The molecule has 0 spiro atoms. The smallest absolute Gasteiger partial charge is 0.226 e. The molecule has 3 nitrogen and oxygen atoms in total. The van der Waals surface area contributed by atoms with Gasteiger partial charge in [0, 0.05) is 18.5 Å². The lowest BCUT2D eigenvalue weighted by Gasteiger charge is -2.38. The Hall–Kier alpha value is -1.42. The molecule has 0 bridgehead atoms. The van der Waals surface area contributed by atoms with E-state index >= 15 is 0 Å². The molecule has 2 rings (SSSR count). The molecule has 0 unspecified atom stereocenters. The number of anilines is 1. The lowest BCUT2D eigenvalue weighted by molar-refractivity contribution is -0.118. The quantitative estimate of drug-likeness (QED) is 0.813. The number of rotatable bonds is 1. The van der Waals surface area contributed by atoms with Gasteiger partial charge in [-0.2, -0.15) is 0 Å². The molecule has 0 saturated carbocycles. The van der Waals surface area contributed by atoms with E-state index in [4.69, 9.17) is 5.73 Å². The predicted octanol–water partition coefficient (Wildman–Crippen LogP) is 2.36. The van der Waals surface area contributed by atoms with Crippen LogP contribution >= 0.6 is 0 Å². The van der Waals surface area contributed by atoms with E-state index < -0.39 is 0 Å². The van der Waals surface area contributed by atoms with E-state index in [1.54, 1.807) is 11.0 Å². The average Bonchev–Trinajstić information content (AvgIpc) is 2.28. The molecule has 17 heavy (non-hydrogen) atoms. The number of fused-ring (bicyclic) bond motifs is 1. The van der Waals surface area contributed by atoms with Gasteiger partial charge in [0.2, 0.25) is 5.91 Å². The number of carbonyl (C=O) groups excluding carboxylic acids is 1. The monoisotopic (exact) mass is 236 g/mol. The van der Waals surface area contributed by atoms with E-state index in [2.05, 4.69) is 0 Å². The second kappa shape index (κ2) is 4.45. The van der Waals surface area contributed by atoms with Crippen molar-refractivity contribution < 1.29 is 9.18 Å². The summed E-state index contributed by atoms with van der Waals surface area (Å²) in [6, 6.07) is 4.37. The van der Waals surface area contributed by atoms with Crippen LogP contribution in [-0.2, 0) is 4.79 Å². The standard InChI is InChI=1S/C13H17FN2O/c1-3-13(17)16-8(2)6-11(15)10-5-4-9(14)7-12(10)16/h4-5,7-8,11H,3,6,15H2,1-2H3/t8-,11+/m0/s1. The van der Waals surface area contributed by atoms with Gasteiger partial charge in [0.1, 0.15) is 5.82 Å². The van der Waals surface area contributed by atoms with Crippen LogP contribution in [-0.4, -0.2) is 11.9 Å². The molecule has 1 amide bonds. The molecule has 0 aliphatic carbocycles. The van der Waals surface area contributed by atoms with E-state index in [1.165, 1.54) is 12.1 Å². The van der Waals surface area contributed by atoms with E-state index in [1.807, 2.05) is 13.8 Å². The number of hydrogen-bond acceptors (Lipinski definition) is 2. The summed E-state index contributed by atoms with van der Waals surface area (Å²) >= 11 is 0. The van der Waals surface area contributed by atoms with Crippen molar-refractivity contribution in [2.75, 3.05) is 4.90 Å². The van der Waals surface area contributed by atoms with E-state index in [0.717, 1.165) is 5.56 Å². The minimum absolute atomic E-state index is 0.0104. The fourth-order valence-corrected chi connectivity index (χ4v) is 2.43. The summed E-state index contributed by atoms with van der Waals surface area (Å²) in [7, 11) is 0. The number of amides is 1. The molecule has 1 aromatic rings. The Balaban J connectivity index is 2.52. The Kier molecular flexibility index (Phi) is 3.15. The number of carbonyl (C=O) groups is 1. The maximum Gasteiger partial charge on any atom is 0.226 e. The summed E-state index contributed by atoms with van der Waals surface area (Å²) < 4.78 is 13.3. The Morgan fingerprint density at radius 3 is 2.94 bits per heavy atom. The van der Waals surface area contributed by atoms with Crippen molar-refractivity contribution in [2.45, 2.75) is 38.8 Å². The van der Waals surface area contributed by atoms with Crippen LogP contribution in [0.25, 0.3) is 0 Å². The molecule has 1 aliphatic heterocycles. The summed E-state index contributed by atoms with van der Waals surface area (Å²) in [5, 5.41) is 0. The molecule has 4 heteroatoms. The Morgan fingerprint density at radius 2 is 2.29 bits per heavy atom. The third-order valence-electron chi connectivity index (χ3n) is 3.26. The zero-order valence-electron chi connectivity index (χ0n) is 10.1. The number of nitrogens with zero attached hydrogens (tertiary/aromatic N) is 1.